The third-order valence-electron chi connectivity index (χ3n) is 3.20. The molecular weight excluding hydrogens is 304 g/mol. The zero-order valence-electron chi connectivity index (χ0n) is 13.4. The summed E-state index contributed by atoms with van der Waals surface area (Å²) < 4.78 is 21.7. The highest BCUT2D eigenvalue weighted by Gasteiger charge is 2.18. The van der Waals surface area contributed by atoms with E-state index in [0.29, 0.717) is 33.6 Å². The number of benzene rings is 1. The first kappa shape index (κ1) is 16.5. The molecule has 1 aromatic carbocycles. The van der Waals surface area contributed by atoms with Crippen molar-refractivity contribution in [2.24, 2.45) is 0 Å². The van der Waals surface area contributed by atoms with Crippen molar-refractivity contribution in [3.63, 3.8) is 0 Å². The largest absolute Gasteiger partial charge is 0.493 e. The molecule has 0 saturated carbocycles. The molecular formula is C15H20N2O4S. The molecule has 0 spiro atoms. The molecule has 0 amide bonds. The molecule has 2 aromatic rings. The van der Waals surface area contributed by atoms with Crippen LogP contribution in [0.4, 0.5) is 0 Å². The number of rotatable bonds is 7. The van der Waals surface area contributed by atoms with Crippen LogP contribution in [0.25, 0.3) is 11.5 Å². The second-order valence-electron chi connectivity index (χ2n) is 4.62. The lowest BCUT2D eigenvalue weighted by atomic mass is 10.2. The molecule has 0 aliphatic carbocycles. The van der Waals surface area contributed by atoms with Gasteiger partial charge in [-0.3, -0.25) is 0 Å². The Morgan fingerprint density at radius 2 is 1.73 bits per heavy atom. The maximum atomic E-state index is 5.70. The number of methoxy groups -OCH3 is 3. The average Bonchev–Trinajstić information content (AvgIpc) is 3.01. The number of ether oxygens (including phenoxy) is 3. The molecule has 120 valence electrons. The van der Waals surface area contributed by atoms with Crippen LogP contribution in [0.1, 0.15) is 20.3 Å². The Kier molecular flexibility index (Phi) is 5.54. The van der Waals surface area contributed by atoms with Gasteiger partial charge in [-0.2, -0.15) is 0 Å². The van der Waals surface area contributed by atoms with Crippen LogP contribution in [0.2, 0.25) is 0 Å². The molecule has 0 N–H and O–H groups in total. The average molecular weight is 324 g/mol. The molecule has 1 heterocycles. The lowest BCUT2D eigenvalue weighted by Crippen LogP contribution is -1.95. The van der Waals surface area contributed by atoms with Gasteiger partial charge in [0.25, 0.3) is 5.22 Å². The van der Waals surface area contributed by atoms with Gasteiger partial charge < -0.3 is 18.6 Å². The third kappa shape index (κ3) is 3.47. The van der Waals surface area contributed by atoms with Gasteiger partial charge in [0.05, 0.1) is 21.3 Å². The summed E-state index contributed by atoms with van der Waals surface area (Å²) in [5.41, 5.74) is 0.720. The summed E-state index contributed by atoms with van der Waals surface area (Å²) in [4.78, 5) is 0. The Labute approximate surface area is 134 Å². The van der Waals surface area contributed by atoms with Gasteiger partial charge in [0, 0.05) is 10.8 Å². The van der Waals surface area contributed by atoms with E-state index in [1.165, 1.54) is 0 Å². The van der Waals surface area contributed by atoms with Crippen molar-refractivity contribution in [3.8, 4) is 28.7 Å². The van der Waals surface area contributed by atoms with Gasteiger partial charge in [-0.25, -0.2) is 0 Å². The van der Waals surface area contributed by atoms with Crippen molar-refractivity contribution >= 4 is 11.8 Å². The van der Waals surface area contributed by atoms with E-state index < -0.39 is 0 Å². The topological polar surface area (TPSA) is 66.6 Å². The molecule has 1 atom stereocenters. The summed E-state index contributed by atoms with van der Waals surface area (Å²) in [5.74, 6) is 2.05. The van der Waals surface area contributed by atoms with Crippen LogP contribution in [0, 0.1) is 0 Å². The van der Waals surface area contributed by atoms with Crippen molar-refractivity contribution in [3.05, 3.63) is 12.1 Å². The predicted octanol–water partition coefficient (Wildman–Crippen LogP) is 3.65. The quantitative estimate of drug-likeness (QED) is 0.720. The number of aromatic nitrogens is 2. The molecule has 0 radical (unpaired) electrons. The van der Waals surface area contributed by atoms with E-state index in [2.05, 4.69) is 24.0 Å². The highest BCUT2D eigenvalue weighted by atomic mass is 32.2. The summed E-state index contributed by atoms with van der Waals surface area (Å²) in [6, 6.07) is 3.57. The second kappa shape index (κ2) is 7.40. The first-order chi connectivity index (χ1) is 10.6. The van der Waals surface area contributed by atoms with Gasteiger partial charge in [0.1, 0.15) is 0 Å². The number of nitrogens with zero attached hydrogens (tertiary/aromatic N) is 2. The van der Waals surface area contributed by atoms with Crippen LogP contribution >= 0.6 is 11.8 Å². The highest BCUT2D eigenvalue weighted by molar-refractivity contribution is 7.99. The molecule has 2 rings (SSSR count). The maximum Gasteiger partial charge on any atom is 0.277 e. The summed E-state index contributed by atoms with van der Waals surface area (Å²) in [6.07, 6.45) is 1.03. The van der Waals surface area contributed by atoms with Gasteiger partial charge in [0.15, 0.2) is 11.5 Å². The van der Waals surface area contributed by atoms with Crippen LogP contribution < -0.4 is 14.2 Å². The fraction of sp³-hybridized carbons (Fsp3) is 0.467. The lowest BCUT2D eigenvalue weighted by molar-refractivity contribution is 0.324. The van der Waals surface area contributed by atoms with Gasteiger partial charge in [-0.15, -0.1) is 10.2 Å². The monoisotopic (exact) mass is 324 g/mol. The van der Waals surface area contributed by atoms with Crippen molar-refractivity contribution in [2.75, 3.05) is 21.3 Å². The molecule has 7 heteroatoms. The third-order valence-corrected chi connectivity index (χ3v) is 4.30. The van der Waals surface area contributed by atoms with Crippen molar-refractivity contribution < 1.29 is 18.6 Å². The molecule has 0 aliphatic heterocycles. The molecule has 0 bridgehead atoms. The Bertz CT molecular complexity index is 605. The minimum atomic E-state index is 0.421. The van der Waals surface area contributed by atoms with E-state index >= 15 is 0 Å². The summed E-state index contributed by atoms with van der Waals surface area (Å²) in [7, 11) is 4.70. The zero-order valence-corrected chi connectivity index (χ0v) is 14.2. The fourth-order valence-electron chi connectivity index (χ4n) is 1.83. The minimum absolute atomic E-state index is 0.421. The number of hydrogen-bond acceptors (Lipinski definition) is 7. The maximum absolute atomic E-state index is 5.70. The normalized spacial score (nSPS) is 12.0. The first-order valence-corrected chi connectivity index (χ1v) is 7.81. The second-order valence-corrected chi connectivity index (χ2v) is 6.01. The van der Waals surface area contributed by atoms with E-state index in [9.17, 15) is 0 Å². The van der Waals surface area contributed by atoms with E-state index in [1.54, 1.807) is 45.2 Å². The molecule has 0 saturated heterocycles. The number of hydrogen-bond donors (Lipinski definition) is 0. The molecule has 0 aliphatic rings. The Morgan fingerprint density at radius 3 is 2.23 bits per heavy atom. The lowest BCUT2D eigenvalue weighted by Gasteiger charge is -2.12. The van der Waals surface area contributed by atoms with Crippen molar-refractivity contribution in [1.82, 2.24) is 10.2 Å². The Balaban J connectivity index is 2.36. The molecule has 1 unspecified atom stereocenters. The minimum Gasteiger partial charge on any atom is -0.493 e. The fourth-order valence-corrected chi connectivity index (χ4v) is 2.56. The van der Waals surface area contributed by atoms with E-state index in [1.807, 2.05) is 0 Å². The molecule has 22 heavy (non-hydrogen) atoms. The summed E-state index contributed by atoms with van der Waals surface area (Å²) >= 11 is 1.56. The van der Waals surface area contributed by atoms with Gasteiger partial charge in [0.2, 0.25) is 11.6 Å². The smallest absolute Gasteiger partial charge is 0.277 e. The predicted molar refractivity (Wildman–Crippen MR) is 85.0 cm³/mol. The standard InChI is InChI=1S/C15H20N2O4S/c1-6-9(2)22-15-17-16-14(21-15)10-7-11(18-3)13(20-5)12(8-10)19-4/h7-9H,6H2,1-5H3. The molecule has 0 fully saturated rings. The molecule has 1 aromatic heterocycles. The Morgan fingerprint density at radius 1 is 1.09 bits per heavy atom. The Hall–Kier alpha value is -1.89. The van der Waals surface area contributed by atoms with Gasteiger partial charge in [-0.1, -0.05) is 25.6 Å². The molecule has 6 nitrogen and oxygen atoms in total. The first-order valence-electron chi connectivity index (χ1n) is 6.93. The van der Waals surface area contributed by atoms with Crippen LogP contribution in [-0.2, 0) is 0 Å². The number of thioether (sulfide) groups is 1. The van der Waals surface area contributed by atoms with Crippen molar-refractivity contribution in [1.29, 1.82) is 0 Å². The van der Waals surface area contributed by atoms with E-state index in [0.717, 1.165) is 12.0 Å². The van der Waals surface area contributed by atoms with E-state index in [4.69, 9.17) is 18.6 Å². The van der Waals surface area contributed by atoms with Crippen LogP contribution in [0.3, 0.4) is 0 Å². The van der Waals surface area contributed by atoms with Gasteiger partial charge in [-0.05, 0) is 18.6 Å². The summed E-state index contributed by atoms with van der Waals surface area (Å²) in [6.45, 7) is 4.24. The summed E-state index contributed by atoms with van der Waals surface area (Å²) in [5, 5.41) is 9.14. The highest BCUT2D eigenvalue weighted by Crippen LogP contribution is 2.41. The van der Waals surface area contributed by atoms with Crippen molar-refractivity contribution in [2.45, 2.75) is 30.7 Å². The van der Waals surface area contributed by atoms with E-state index in [-0.39, 0.29) is 0 Å². The van der Waals surface area contributed by atoms with Gasteiger partial charge >= 0.3 is 0 Å². The van der Waals surface area contributed by atoms with Crippen LogP contribution in [-0.4, -0.2) is 36.8 Å². The SMILES string of the molecule is CCC(C)Sc1nnc(-c2cc(OC)c(OC)c(OC)c2)o1. The van der Waals surface area contributed by atoms with Crippen LogP contribution in [0.15, 0.2) is 21.8 Å². The zero-order chi connectivity index (χ0) is 16.1. The van der Waals surface area contributed by atoms with Crippen LogP contribution in [0.5, 0.6) is 17.2 Å².